The molecule has 0 aliphatic carbocycles. The number of benzene rings is 1. The molecule has 0 aliphatic heterocycles. The fourth-order valence-electron chi connectivity index (χ4n) is 2.64. The largest absolute Gasteiger partial charge is 0.493 e. The van der Waals surface area contributed by atoms with E-state index in [2.05, 4.69) is 15.5 Å². The van der Waals surface area contributed by atoms with Gasteiger partial charge in [-0.15, -0.1) is 11.3 Å². The quantitative estimate of drug-likeness (QED) is 0.564. The number of carbonyl (C=O) groups is 1. The van der Waals surface area contributed by atoms with Crippen molar-refractivity contribution in [2.24, 2.45) is 0 Å². The van der Waals surface area contributed by atoms with E-state index in [9.17, 15) is 4.79 Å². The molecule has 0 radical (unpaired) electrons. The van der Waals surface area contributed by atoms with E-state index in [4.69, 9.17) is 21.7 Å². The van der Waals surface area contributed by atoms with Gasteiger partial charge >= 0.3 is 0 Å². The van der Waals surface area contributed by atoms with Crippen LogP contribution in [0.2, 0.25) is 0 Å². The lowest BCUT2D eigenvalue weighted by atomic mass is 10.1. The number of aromatic amines is 1. The maximum Gasteiger partial charge on any atom is 0.240 e. The van der Waals surface area contributed by atoms with Crippen LogP contribution < -0.4 is 14.8 Å². The molecular formula is C18H20N4O3S2. The molecule has 1 amide bonds. The maximum absolute atomic E-state index is 12.3. The smallest absolute Gasteiger partial charge is 0.240 e. The van der Waals surface area contributed by atoms with Gasteiger partial charge in [0.1, 0.15) is 6.54 Å². The van der Waals surface area contributed by atoms with Crippen molar-refractivity contribution in [1.29, 1.82) is 0 Å². The van der Waals surface area contributed by atoms with Crippen LogP contribution in [0, 0.1) is 4.77 Å². The van der Waals surface area contributed by atoms with Crippen molar-refractivity contribution < 1.29 is 14.3 Å². The first-order chi connectivity index (χ1) is 13.1. The number of amides is 1. The van der Waals surface area contributed by atoms with Crippen LogP contribution in [0.3, 0.4) is 0 Å². The highest BCUT2D eigenvalue weighted by Gasteiger charge is 2.13. The number of thiophene rings is 1. The van der Waals surface area contributed by atoms with Crippen molar-refractivity contribution in [2.75, 3.05) is 20.8 Å². The van der Waals surface area contributed by atoms with Crippen molar-refractivity contribution >= 4 is 29.5 Å². The number of rotatable bonds is 8. The monoisotopic (exact) mass is 404 g/mol. The van der Waals surface area contributed by atoms with E-state index in [0.29, 0.717) is 35.1 Å². The van der Waals surface area contributed by atoms with Gasteiger partial charge in [-0.1, -0.05) is 12.1 Å². The van der Waals surface area contributed by atoms with E-state index in [1.54, 1.807) is 30.1 Å². The van der Waals surface area contributed by atoms with Crippen molar-refractivity contribution in [3.05, 3.63) is 46.0 Å². The number of hydrogen-bond acceptors (Lipinski definition) is 6. The molecule has 2 aromatic heterocycles. The number of nitrogens with zero attached hydrogens (tertiary/aromatic N) is 2. The van der Waals surface area contributed by atoms with E-state index in [1.165, 1.54) is 0 Å². The average molecular weight is 405 g/mol. The standard InChI is InChI=1S/C18H20N4O3S2/c1-24-13-6-5-12(10-14(13)25-2)7-8-19-16(23)11-22-17(20-21-18(22)26)15-4-3-9-27-15/h3-6,9-10H,7-8,11H2,1-2H3,(H,19,23)(H,21,26). The number of H-pyrrole nitrogens is 1. The summed E-state index contributed by atoms with van der Waals surface area (Å²) in [4.78, 5) is 13.3. The van der Waals surface area contributed by atoms with Gasteiger partial charge in [-0.25, -0.2) is 0 Å². The summed E-state index contributed by atoms with van der Waals surface area (Å²) in [5.74, 6) is 1.91. The third kappa shape index (κ3) is 4.55. The molecule has 0 bridgehead atoms. The van der Waals surface area contributed by atoms with Gasteiger partial charge in [-0.2, -0.15) is 5.10 Å². The van der Waals surface area contributed by atoms with Crippen molar-refractivity contribution in [2.45, 2.75) is 13.0 Å². The van der Waals surface area contributed by atoms with E-state index in [1.807, 2.05) is 35.7 Å². The molecule has 3 aromatic rings. The van der Waals surface area contributed by atoms with Crippen LogP contribution >= 0.6 is 23.6 Å². The number of ether oxygens (including phenoxy) is 2. The lowest BCUT2D eigenvalue weighted by Crippen LogP contribution is -2.29. The van der Waals surface area contributed by atoms with Gasteiger partial charge < -0.3 is 14.8 Å². The van der Waals surface area contributed by atoms with Crippen LogP contribution in [-0.4, -0.2) is 41.4 Å². The molecule has 142 valence electrons. The van der Waals surface area contributed by atoms with Crippen LogP contribution in [0.15, 0.2) is 35.7 Å². The summed E-state index contributed by atoms with van der Waals surface area (Å²) in [6.45, 7) is 0.627. The van der Waals surface area contributed by atoms with Gasteiger partial charge in [-0.05, 0) is 47.8 Å². The second-order valence-corrected chi connectivity index (χ2v) is 7.04. The summed E-state index contributed by atoms with van der Waals surface area (Å²) in [7, 11) is 3.20. The second-order valence-electron chi connectivity index (χ2n) is 5.71. The highest BCUT2D eigenvalue weighted by molar-refractivity contribution is 7.71. The van der Waals surface area contributed by atoms with Crippen LogP contribution in [-0.2, 0) is 17.8 Å². The molecule has 27 heavy (non-hydrogen) atoms. The zero-order valence-corrected chi connectivity index (χ0v) is 16.7. The summed E-state index contributed by atoms with van der Waals surface area (Å²) in [5.41, 5.74) is 1.05. The topological polar surface area (TPSA) is 81.2 Å². The molecule has 0 saturated heterocycles. The fraction of sp³-hybridized carbons (Fsp3) is 0.278. The SMILES string of the molecule is COc1ccc(CCNC(=O)Cn2c(-c3cccs3)n[nH]c2=S)cc1OC. The fourth-order valence-corrected chi connectivity index (χ4v) is 3.56. The minimum atomic E-state index is -0.120. The molecule has 9 heteroatoms. The Kier molecular flexibility index (Phi) is 6.25. The lowest BCUT2D eigenvalue weighted by molar-refractivity contribution is -0.121. The summed E-state index contributed by atoms with van der Waals surface area (Å²) in [6.07, 6.45) is 0.681. The number of aromatic nitrogens is 3. The van der Waals surface area contributed by atoms with E-state index in [0.717, 1.165) is 10.4 Å². The number of carbonyl (C=O) groups excluding carboxylic acids is 1. The molecule has 7 nitrogen and oxygen atoms in total. The first-order valence-corrected chi connectivity index (χ1v) is 9.58. The van der Waals surface area contributed by atoms with Gasteiger partial charge in [0, 0.05) is 6.54 Å². The molecule has 2 N–H and O–H groups in total. The Labute approximate surface area is 165 Å². The van der Waals surface area contributed by atoms with Crippen LogP contribution in [0.25, 0.3) is 10.7 Å². The lowest BCUT2D eigenvalue weighted by Gasteiger charge is -2.10. The predicted octanol–water partition coefficient (Wildman–Crippen LogP) is 3.05. The Morgan fingerprint density at radius 1 is 1.30 bits per heavy atom. The Morgan fingerprint density at radius 2 is 2.11 bits per heavy atom. The van der Waals surface area contributed by atoms with Gasteiger partial charge in [0.25, 0.3) is 0 Å². The Morgan fingerprint density at radius 3 is 2.81 bits per heavy atom. The van der Waals surface area contributed by atoms with Crippen molar-refractivity contribution in [1.82, 2.24) is 20.1 Å². The zero-order chi connectivity index (χ0) is 19.2. The summed E-state index contributed by atoms with van der Waals surface area (Å²) in [6, 6.07) is 9.60. The Hall–Kier alpha value is -2.65. The molecule has 0 atom stereocenters. The van der Waals surface area contributed by atoms with Gasteiger partial charge in [-0.3, -0.25) is 14.5 Å². The van der Waals surface area contributed by atoms with Gasteiger partial charge in [0.05, 0.1) is 19.1 Å². The molecular weight excluding hydrogens is 384 g/mol. The molecule has 1 aromatic carbocycles. The molecule has 0 fully saturated rings. The van der Waals surface area contributed by atoms with E-state index >= 15 is 0 Å². The predicted molar refractivity (Wildman–Crippen MR) is 107 cm³/mol. The van der Waals surface area contributed by atoms with Crippen LogP contribution in [0.4, 0.5) is 0 Å². The first kappa shape index (κ1) is 19.1. The van der Waals surface area contributed by atoms with Crippen LogP contribution in [0.1, 0.15) is 5.56 Å². The maximum atomic E-state index is 12.3. The van der Waals surface area contributed by atoms with E-state index in [-0.39, 0.29) is 12.5 Å². The zero-order valence-electron chi connectivity index (χ0n) is 15.0. The summed E-state index contributed by atoms with van der Waals surface area (Å²) in [5, 5.41) is 11.9. The van der Waals surface area contributed by atoms with Crippen LogP contribution in [0.5, 0.6) is 11.5 Å². The molecule has 3 rings (SSSR count). The molecule has 0 spiro atoms. The van der Waals surface area contributed by atoms with Gasteiger partial charge in [0.15, 0.2) is 22.1 Å². The molecule has 2 heterocycles. The minimum absolute atomic E-state index is 0.120. The highest BCUT2D eigenvalue weighted by atomic mass is 32.1. The molecule has 0 aliphatic rings. The average Bonchev–Trinajstić information content (AvgIpc) is 3.32. The van der Waals surface area contributed by atoms with E-state index < -0.39 is 0 Å². The van der Waals surface area contributed by atoms with Crippen molar-refractivity contribution in [3.8, 4) is 22.2 Å². The third-order valence-corrected chi connectivity index (χ3v) is 5.16. The second kappa shape index (κ2) is 8.83. The molecule has 0 unspecified atom stereocenters. The molecule has 0 saturated carbocycles. The Balaban J connectivity index is 1.58. The number of hydrogen-bond donors (Lipinski definition) is 2. The summed E-state index contributed by atoms with van der Waals surface area (Å²) < 4.78 is 12.7. The number of nitrogens with one attached hydrogen (secondary N) is 2. The van der Waals surface area contributed by atoms with Crippen molar-refractivity contribution in [3.63, 3.8) is 0 Å². The normalized spacial score (nSPS) is 10.6. The number of methoxy groups -OCH3 is 2. The first-order valence-electron chi connectivity index (χ1n) is 8.29. The Bertz CT molecular complexity index is 963. The summed E-state index contributed by atoms with van der Waals surface area (Å²) >= 11 is 6.80. The minimum Gasteiger partial charge on any atom is -0.493 e. The van der Waals surface area contributed by atoms with Gasteiger partial charge in [0.2, 0.25) is 5.91 Å². The highest BCUT2D eigenvalue weighted by Crippen LogP contribution is 2.27. The third-order valence-electron chi connectivity index (χ3n) is 3.99.